The molecular weight excluding hydrogens is 222 g/mol. The zero-order chi connectivity index (χ0) is 12.4. The van der Waals surface area contributed by atoms with E-state index in [1.165, 1.54) is 0 Å². The summed E-state index contributed by atoms with van der Waals surface area (Å²) in [5, 5.41) is 8.68. The molecule has 0 radical (unpaired) electrons. The summed E-state index contributed by atoms with van der Waals surface area (Å²) in [5.41, 5.74) is 0. The average Bonchev–Trinajstić information content (AvgIpc) is 3.00. The number of amides is 1. The third kappa shape index (κ3) is 3.19. The van der Waals surface area contributed by atoms with Gasteiger partial charge in [-0.3, -0.25) is 9.59 Å². The van der Waals surface area contributed by atoms with E-state index in [0.717, 1.165) is 25.7 Å². The van der Waals surface area contributed by atoms with Gasteiger partial charge in [0.25, 0.3) is 5.91 Å². The number of carboxylic acid groups (broad SMARTS) is 1. The van der Waals surface area contributed by atoms with Crippen molar-refractivity contribution in [3.05, 3.63) is 0 Å². The van der Waals surface area contributed by atoms with E-state index in [0.29, 0.717) is 6.54 Å². The molecular formula is C12H19NO4. The molecule has 5 heteroatoms. The molecule has 96 valence electrons. The molecule has 1 heterocycles. The summed E-state index contributed by atoms with van der Waals surface area (Å²) in [7, 11) is 0. The van der Waals surface area contributed by atoms with Crippen molar-refractivity contribution in [3.63, 3.8) is 0 Å². The third-order valence-electron chi connectivity index (χ3n) is 3.34. The van der Waals surface area contributed by atoms with Crippen LogP contribution >= 0.6 is 0 Å². The predicted molar refractivity (Wildman–Crippen MR) is 60.6 cm³/mol. The van der Waals surface area contributed by atoms with Crippen LogP contribution in [-0.4, -0.2) is 46.7 Å². The van der Waals surface area contributed by atoms with Crippen molar-refractivity contribution in [1.29, 1.82) is 0 Å². The Hall–Kier alpha value is -1.10. The summed E-state index contributed by atoms with van der Waals surface area (Å²) >= 11 is 0. The smallest absolute Gasteiger partial charge is 0.305 e. The second-order valence-corrected chi connectivity index (χ2v) is 4.92. The van der Waals surface area contributed by atoms with Gasteiger partial charge in [0.15, 0.2) is 0 Å². The van der Waals surface area contributed by atoms with Gasteiger partial charge in [-0.15, -0.1) is 0 Å². The Morgan fingerprint density at radius 1 is 1.29 bits per heavy atom. The van der Waals surface area contributed by atoms with Crippen LogP contribution in [0.2, 0.25) is 0 Å². The number of carbonyl (C=O) groups excluding carboxylic acids is 1. The van der Waals surface area contributed by atoms with Gasteiger partial charge in [0, 0.05) is 12.6 Å². The van der Waals surface area contributed by atoms with Crippen LogP contribution in [0.25, 0.3) is 0 Å². The van der Waals surface area contributed by atoms with Crippen LogP contribution in [-0.2, 0) is 14.3 Å². The molecule has 0 aromatic carbocycles. The molecule has 2 rings (SSSR count). The van der Waals surface area contributed by atoms with Gasteiger partial charge < -0.3 is 14.7 Å². The molecule has 5 nitrogen and oxygen atoms in total. The van der Waals surface area contributed by atoms with E-state index in [9.17, 15) is 9.59 Å². The molecule has 0 aromatic rings. The maximum Gasteiger partial charge on any atom is 0.305 e. The van der Waals surface area contributed by atoms with E-state index in [1.807, 2.05) is 6.92 Å². The monoisotopic (exact) mass is 241 g/mol. The van der Waals surface area contributed by atoms with Gasteiger partial charge in [0.2, 0.25) is 0 Å². The highest BCUT2D eigenvalue weighted by Gasteiger charge is 2.38. The number of hydrogen-bond acceptors (Lipinski definition) is 3. The SMILES string of the molecule is CC1CCC(C(=O)N(CCC(=O)O)C2CC2)O1. The number of rotatable bonds is 5. The fraction of sp³-hybridized carbons (Fsp3) is 0.833. The molecule has 1 saturated carbocycles. The maximum absolute atomic E-state index is 12.2. The van der Waals surface area contributed by atoms with E-state index in [2.05, 4.69) is 0 Å². The van der Waals surface area contributed by atoms with E-state index in [1.54, 1.807) is 4.90 Å². The Morgan fingerprint density at radius 3 is 2.47 bits per heavy atom. The largest absolute Gasteiger partial charge is 0.481 e. The van der Waals surface area contributed by atoms with Gasteiger partial charge >= 0.3 is 5.97 Å². The predicted octanol–water partition coefficient (Wildman–Crippen LogP) is 1.02. The molecule has 1 N–H and O–H groups in total. The zero-order valence-electron chi connectivity index (χ0n) is 10.1. The van der Waals surface area contributed by atoms with Crippen LogP contribution in [0.3, 0.4) is 0 Å². The topological polar surface area (TPSA) is 66.8 Å². The minimum Gasteiger partial charge on any atom is -0.481 e. The molecule has 0 aromatic heterocycles. The maximum atomic E-state index is 12.2. The highest BCUT2D eigenvalue weighted by atomic mass is 16.5. The van der Waals surface area contributed by atoms with Crippen LogP contribution in [0.4, 0.5) is 0 Å². The van der Waals surface area contributed by atoms with E-state index in [-0.39, 0.29) is 30.6 Å². The summed E-state index contributed by atoms with van der Waals surface area (Å²) in [5.74, 6) is -0.873. The van der Waals surface area contributed by atoms with E-state index < -0.39 is 5.97 Å². The molecule has 0 spiro atoms. The number of hydrogen-bond donors (Lipinski definition) is 1. The first-order chi connectivity index (χ1) is 8.08. The Kier molecular flexibility index (Phi) is 3.66. The Bertz CT molecular complexity index is 314. The zero-order valence-corrected chi connectivity index (χ0v) is 10.1. The van der Waals surface area contributed by atoms with Gasteiger partial charge in [0.05, 0.1) is 12.5 Å². The van der Waals surface area contributed by atoms with E-state index >= 15 is 0 Å². The number of ether oxygens (including phenoxy) is 1. The van der Waals surface area contributed by atoms with Gasteiger partial charge in [-0.25, -0.2) is 0 Å². The molecule has 1 saturated heterocycles. The quantitative estimate of drug-likeness (QED) is 0.780. The molecule has 2 atom stereocenters. The lowest BCUT2D eigenvalue weighted by atomic mass is 10.2. The number of aliphatic carboxylic acids is 1. The standard InChI is InChI=1S/C12H19NO4/c1-8-2-5-10(17-8)12(16)13(9-3-4-9)7-6-11(14)15/h8-10H,2-7H2,1H3,(H,14,15). The lowest BCUT2D eigenvalue weighted by molar-refractivity contribution is -0.144. The average molecular weight is 241 g/mol. The summed E-state index contributed by atoms with van der Waals surface area (Å²) < 4.78 is 5.55. The summed E-state index contributed by atoms with van der Waals surface area (Å²) in [4.78, 5) is 24.5. The number of nitrogens with zero attached hydrogens (tertiary/aromatic N) is 1. The van der Waals surface area contributed by atoms with Crippen LogP contribution < -0.4 is 0 Å². The molecule has 1 aliphatic heterocycles. The highest BCUT2D eigenvalue weighted by molar-refractivity contribution is 5.82. The van der Waals surface area contributed by atoms with Crippen molar-refractivity contribution in [2.75, 3.05) is 6.54 Å². The Morgan fingerprint density at radius 2 is 2.00 bits per heavy atom. The summed E-state index contributed by atoms with van der Waals surface area (Å²) in [6, 6.07) is 0.251. The van der Waals surface area contributed by atoms with Crippen molar-refractivity contribution in [1.82, 2.24) is 4.90 Å². The van der Waals surface area contributed by atoms with E-state index in [4.69, 9.17) is 9.84 Å². The molecule has 2 unspecified atom stereocenters. The fourth-order valence-electron chi connectivity index (χ4n) is 2.24. The lowest BCUT2D eigenvalue weighted by Gasteiger charge is -2.24. The van der Waals surface area contributed by atoms with Crippen molar-refractivity contribution >= 4 is 11.9 Å². The van der Waals surface area contributed by atoms with Crippen LogP contribution in [0.5, 0.6) is 0 Å². The Balaban J connectivity index is 1.90. The highest BCUT2D eigenvalue weighted by Crippen LogP contribution is 2.30. The number of carboxylic acids is 1. The van der Waals surface area contributed by atoms with Gasteiger partial charge in [-0.2, -0.15) is 0 Å². The minimum absolute atomic E-state index is 0.0156. The van der Waals surface area contributed by atoms with Crippen LogP contribution in [0, 0.1) is 0 Å². The number of carbonyl (C=O) groups is 2. The minimum atomic E-state index is -0.857. The first kappa shape index (κ1) is 12.4. The van der Waals surface area contributed by atoms with Crippen molar-refractivity contribution in [2.45, 2.75) is 57.3 Å². The molecule has 2 fully saturated rings. The molecule has 17 heavy (non-hydrogen) atoms. The second-order valence-electron chi connectivity index (χ2n) is 4.92. The normalized spacial score (nSPS) is 28.1. The molecule has 0 bridgehead atoms. The summed E-state index contributed by atoms with van der Waals surface area (Å²) in [6.07, 6.45) is 3.47. The van der Waals surface area contributed by atoms with Gasteiger partial charge in [0.1, 0.15) is 6.10 Å². The third-order valence-corrected chi connectivity index (χ3v) is 3.34. The van der Waals surface area contributed by atoms with Crippen LogP contribution in [0.15, 0.2) is 0 Å². The van der Waals surface area contributed by atoms with Gasteiger partial charge in [-0.05, 0) is 32.6 Å². The second kappa shape index (κ2) is 5.04. The fourth-order valence-corrected chi connectivity index (χ4v) is 2.24. The van der Waals surface area contributed by atoms with Crippen molar-refractivity contribution < 1.29 is 19.4 Å². The van der Waals surface area contributed by atoms with Crippen molar-refractivity contribution in [2.24, 2.45) is 0 Å². The molecule has 2 aliphatic rings. The lowest BCUT2D eigenvalue weighted by Crippen LogP contribution is -2.41. The van der Waals surface area contributed by atoms with Crippen molar-refractivity contribution in [3.8, 4) is 0 Å². The first-order valence-corrected chi connectivity index (χ1v) is 6.25. The molecule has 1 amide bonds. The summed E-state index contributed by atoms with van der Waals surface area (Å²) in [6.45, 7) is 2.28. The first-order valence-electron chi connectivity index (χ1n) is 6.25. The Labute approximate surface area is 101 Å². The van der Waals surface area contributed by atoms with Gasteiger partial charge in [-0.1, -0.05) is 0 Å². The molecule has 1 aliphatic carbocycles. The van der Waals surface area contributed by atoms with Crippen LogP contribution in [0.1, 0.15) is 39.0 Å².